The molecule has 0 radical (unpaired) electrons. The summed E-state index contributed by atoms with van der Waals surface area (Å²) in [6.45, 7) is 0. The Morgan fingerprint density at radius 3 is 2.93 bits per heavy atom. The van der Waals surface area contributed by atoms with Crippen LogP contribution >= 0.6 is 0 Å². The predicted octanol–water partition coefficient (Wildman–Crippen LogP) is 1.73. The molecule has 1 aromatic carbocycles. The quantitative estimate of drug-likeness (QED) is 0.742. The van der Waals surface area contributed by atoms with Crippen molar-refractivity contribution in [2.24, 2.45) is 7.05 Å². The van der Waals surface area contributed by atoms with Crippen molar-refractivity contribution in [3.63, 3.8) is 0 Å². The van der Waals surface area contributed by atoms with Crippen molar-refractivity contribution in [3.8, 4) is 0 Å². The lowest BCUT2D eigenvalue weighted by Crippen LogP contribution is -2.01. The van der Waals surface area contributed by atoms with Gasteiger partial charge in [0.15, 0.2) is 0 Å². The first-order chi connectivity index (χ1) is 6.66. The summed E-state index contributed by atoms with van der Waals surface area (Å²) < 4.78 is 23.6. The average Bonchev–Trinajstić information content (AvgIpc) is 2.46. The summed E-state index contributed by atoms with van der Waals surface area (Å²) in [4.78, 5) is 0. The van der Waals surface area contributed by atoms with Crippen LogP contribution in [0.3, 0.4) is 0 Å². The highest BCUT2D eigenvalue weighted by Gasteiger charge is 2.00. The summed E-state index contributed by atoms with van der Waals surface area (Å²) in [5, 5.41) is 1.04. The van der Waals surface area contributed by atoms with Crippen molar-refractivity contribution < 1.29 is 8.76 Å². The van der Waals surface area contributed by atoms with Gasteiger partial charge in [0.25, 0.3) is 11.3 Å². The third-order valence-electron chi connectivity index (χ3n) is 2.09. The third-order valence-corrected chi connectivity index (χ3v) is 2.50. The molecule has 1 unspecified atom stereocenters. The standard InChI is InChI=1S/C9H10N2O2S/c1-11-5-4-7-6-8(10-14(12)13)2-3-9(7)11/h2-6,10H,1H3,(H,12,13). The molecule has 0 saturated carbocycles. The number of rotatable bonds is 2. The molecule has 1 aromatic heterocycles. The molecule has 1 atom stereocenters. The Bertz CT molecular complexity index is 493. The van der Waals surface area contributed by atoms with E-state index in [2.05, 4.69) is 4.72 Å². The maximum Gasteiger partial charge on any atom is 0.259 e. The molecule has 0 spiro atoms. The molecule has 2 rings (SSSR count). The van der Waals surface area contributed by atoms with Crippen LogP contribution in [-0.2, 0) is 18.3 Å². The van der Waals surface area contributed by atoms with Crippen LogP contribution in [0.1, 0.15) is 0 Å². The number of nitrogens with one attached hydrogen (secondary N) is 1. The number of benzene rings is 1. The number of hydrogen-bond acceptors (Lipinski definition) is 1. The molecule has 1 heterocycles. The Hall–Kier alpha value is -1.33. The number of aromatic nitrogens is 1. The molecule has 0 aliphatic rings. The summed E-state index contributed by atoms with van der Waals surface area (Å²) in [5.74, 6) is 0. The van der Waals surface area contributed by atoms with E-state index < -0.39 is 11.3 Å². The SMILES string of the molecule is Cn1ccc2cc(NS(=O)O)ccc21. The van der Waals surface area contributed by atoms with Crippen molar-refractivity contribution in [1.82, 2.24) is 4.57 Å². The lowest BCUT2D eigenvalue weighted by atomic mass is 10.2. The fraction of sp³-hybridized carbons (Fsp3) is 0.111. The number of aryl methyl sites for hydroxylation is 1. The second-order valence-electron chi connectivity index (χ2n) is 3.05. The van der Waals surface area contributed by atoms with Crippen molar-refractivity contribution in [2.75, 3.05) is 4.72 Å². The first-order valence-corrected chi connectivity index (χ1v) is 5.20. The minimum absolute atomic E-state index is 0.643. The molecule has 0 aliphatic carbocycles. The predicted molar refractivity (Wildman–Crippen MR) is 57.3 cm³/mol. The minimum Gasteiger partial charge on any atom is -0.351 e. The van der Waals surface area contributed by atoms with Gasteiger partial charge in [-0.15, -0.1) is 0 Å². The van der Waals surface area contributed by atoms with Crippen LogP contribution in [-0.4, -0.2) is 13.3 Å². The molecular formula is C9H10N2O2S. The summed E-state index contributed by atoms with van der Waals surface area (Å²) in [6.07, 6.45) is 1.95. The maximum atomic E-state index is 10.5. The number of hydrogen-bond donors (Lipinski definition) is 2. The highest BCUT2D eigenvalue weighted by molar-refractivity contribution is 7.80. The van der Waals surface area contributed by atoms with Crippen LogP contribution in [0.4, 0.5) is 5.69 Å². The van der Waals surface area contributed by atoms with E-state index in [1.54, 1.807) is 6.07 Å². The van der Waals surface area contributed by atoms with Gasteiger partial charge in [0.2, 0.25) is 0 Å². The topological polar surface area (TPSA) is 54.3 Å². The minimum atomic E-state index is -2.01. The Kier molecular flexibility index (Phi) is 2.26. The van der Waals surface area contributed by atoms with Crippen molar-refractivity contribution in [3.05, 3.63) is 30.5 Å². The highest BCUT2D eigenvalue weighted by atomic mass is 32.2. The van der Waals surface area contributed by atoms with Gasteiger partial charge < -0.3 is 4.57 Å². The van der Waals surface area contributed by atoms with E-state index >= 15 is 0 Å². The summed E-state index contributed by atoms with van der Waals surface area (Å²) in [5.41, 5.74) is 1.74. The molecule has 0 aliphatic heterocycles. The molecule has 5 heteroatoms. The molecule has 0 saturated heterocycles. The average molecular weight is 210 g/mol. The lowest BCUT2D eigenvalue weighted by Gasteiger charge is -2.01. The van der Waals surface area contributed by atoms with E-state index in [9.17, 15) is 4.21 Å². The largest absolute Gasteiger partial charge is 0.351 e. The monoisotopic (exact) mass is 210 g/mol. The fourth-order valence-corrected chi connectivity index (χ4v) is 1.77. The van der Waals surface area contributed by atoms with Crippen LogP contribution in [0.5, 0.6) is 0 Å². The Balaban J connectivity index is 2.46. The Morgan fingerprint density at radius 1 is 1.43 bits per heavy atom. The fourth-order valence-electron chi connectivity index (χ4n) is 1.45. The van der Waals surface area contributed by atoms with E-state index in [4.69, 9.17) is 4.55 Å². The van der Waals surface area contributed by atoms with Crippen LogP contribution in [0, 0.1) is 0 Å². The molecule has 0 amide bonds. The smallest absolute Gasteiger partial charge is 0.259 e. The molecule has 0 fully saturated rings. The van der Waals surface area contributed by atoms with Gasteiger partial charge in [0.1, 0.15) is 0 Å². The summed E-state index contributed by atoms with van der Waals surface area (Å²) in [6, 6.07) is 7.48. The molecule has 14 heavy (non-hydrogen) atoms. The van der Waals surface area contributed by atoms with Gasteiger partial charge in [-0.1, -0.05) is 0 Å². The second-order valence-corrected chi connectivity index (χ2v) is 3.75. The molecule has 0 bridgehead atoms. The zero-order valence-electron chi connectivity index (χ0n) is 7.60. The number of fused-ring (bicyclic) bond motifs is 1. The molecule has 2 N–H and O–H groups in total. The van der Waals surface area contributed by atoms with Gasteiger partial charge in [-0.2, -0.15) is 0 Å². The Morgan fingerprint density at radius 2 is 2.21 bits per heavy atom. The van der Waals surface area contributed by atoms with Crippen LogP contribution in [0.15, 0.2) is 30.5 Å². The van der Waals surface area contributed by atoms with Gasteiger partial charge in [0, 0.05) is 29.8 Å². The first kappa shape index (κ1) is 9.23. The van der Waals surface area contributed by atoms with Crippen LogP contribution < -0.4 is 4.72 Å². The Labute approximate surface area is 84.0 Å². The maximum absolute atomic E-state index is 10.5. The number of nitrogens with zero attached hydrogens (tertiary/aromatic N) is 1. The first-order valence-electron chi connectivity index (χ1n) is 4.09. The molecule has 2 aromatic rings. The van der Waals surface area contributed by atoms with Crippen LogP contribution in [0.25, 0.3) is 10.9 Å². The second kappa shape index (κ2) is 3.43. The zero-order valence-corrected chi connectivity index (χ0v) is 8.41. The van der Waals surface area contributed by atoms with Gasteiger partial charge in [-0.05, 0) is 24.3 Å². The zero-order chi connectivity index (χ0) is 10.1. The van der Waals surface area contributed by atoms with Crippen LogP contribution in [0.2, 0.25) is 0 Å². The van der Waals surface area contributed by atoms with E-state index in [1.807, 2.05) is 36.0 Å². The normalized spacial score (nSPS) is 13.0. The van der Waals surface area contributed by atoms with E-state index in [0.29, 0.717) is 5.69 Å². The third kappa shape index (κ3) is 1.64. The van der Waals surface area contributed by atoms with E-state index in [-0.39, 0.29) is 0 Å². The van der Waals surface area contributed by atoms with Crippen molar-refractivity contribution >= 4 is 27.9 Å². The number of anilines is 1. The van der Waals surface area contributed by atoms with Crippen molar-refractivity contribution in [2.45, 2.75) is 0 Å². The summed E-state index contributed by atoms with van der Waals surface area (Å²) in [7, 11) is 1.96. The summed E-state index contributed by atoms with van der Waals surface area (Å²) >= 11 is -2.01. The van der Waals surface area contributed by atoms with Gasteiger partial charge in [-0.25, -0.2) is 4.21 Å². The van der Waals surface area contributed by atoms with E-state index in [1.165, 1.54) is 0 Å². The van der Waals surface area contributed by atoms with Gasteiger partial charge in [-0.3, -0.25) is 9.27 Å². The molecule has 4 nitrogen and oxygen atoms in total. The lowest BCUT2D eigenvalue weighted by molar-refractivity contribution is 0.570. The molecule has 74 valence electrons. The van der Waals surface area contributed by atoms with Gasteiger partial charge >= 0.3 is 0 Å². The van der Waals surface area contributed by atoms with Crippen molar-refractivity contribution in [1.29, 1.82) is 0 Å². The van der Waals surface area contributed by atoms with Gasteiger partial charge in [0.05, 0.1) is 0 Å². The molecular weight excluding hydrogens is 200 g/mol. The highest BCUT2D eigenvalue weighted by Crippen LogP contribution is 2.19. The van der Waals surface area contributed by atoms with E-state index in [0.717, 1.165) is 10.9 Å².